The van der Waals surface area contributed by atoms with E-state index in [1.807, 2.05) is 6.07 Å². The Morgan fingerprint density at radius 1 is 1.27 bits per heavy atom. The number of benzene rings is 1. The Hall–Kier alpha value is -1.35. The summed E-state index contributed by atoms with van der Waals surface area (Å²) in [6, 6.07) is 10.5. The molecule has 0 saturated carbocycles. The molecule has 0 aliphatic rings. The lowest BCUT2D eigenvalue weighted by Gasteiger charge is -1.93. The molecule has 0 spiro atoms. The van der Waals surface area contributed by atoms with E-state index in [9.17, 15) is 4.79 Å². The van der Waals surface area contributed by atoms with Crippen LogP contribution in [0, 0.1) is 0 Å². The molecule has 0 aromatic heterocycles. The van der Waals surface area contributed by atoms with Crippen LogP contribution in [0.15, 0.2) is 30.3 Å². The van der Waals surface area contributed by atoms with E-state index in [2.05, 4.69) is 35.9 Å². The van der Waals surface area contributed by atoms with Crippen LogP contribution >= 0.6 is 0 Å². The lowest BCUT2D eigenvalue weighted by molar-refractivity contribution is -0.141. The van der Waals surface area contributed by atoms with Crippen molar-refractivity contribution in [3.63, 3.8) is 0 Å². The molecule has 0 unspecified atom stereocenters. The maximum absolute atomic E-state index is 10.1. The van der Waals surface area contributed by atoms with E-state index >= 15 is 0 Å². The zero-order chi connectivity index (χ0) is 11.5. The predicted octanol–water partition coefficient (Wildman–Crippen LogP) is 1.76. The molecule has 0 aliphatic heterocycles. The standard InChI is InChI=1S/C8H10.C4H9NO2/c1-2-8-6-4-3-5-7-8;1-2-7-4(6)3-5/h3-7H,2H2,1H3;2-3,5H2,1H3. The SMILES string of the molecule is CCOC(=O)CN.CCc1ccccc1. The molecule has 0 aliphatic carbocycles. The summed E-state index contributed by atoms with van der Waals surface area (Å²) in [6.07, 6.45) is 1.14. The number of rotatable bonds is 3. The monoisotopic (exact) mass is 209 g/mol. The molecular formula is C12H19NO2. The average molecular weight is 209 g/mol. The summed E-state index contributed by atoms with van der Waals surface area (Å²) in [6.45, 7) is 4.30. The molecule has 0 amide bonds. The van der Waals surface area contributed by atoms with E-state index in [4.69, 9.17) is 5.73 Å². The molecule has 2 N–H and O–H groups in total. The highest BCUT2D eigenvalue weighted by molar-refractivity contribution is 5.71. The maximum atomic E-state index is 10.1. The zero-order valence-corrected chi connectivity index (χ0v) is 9.40. The second-order valence-electron chi connectivity index (χ2n) is 2.85. The van der Waals surface area contributed by atoms with Gasteiger partial charge in [0.15, 0.2) is 0 Å². The second-order valence-corrected chi connectivity index (χ2v) is 2.85. The Kier molecular flexibility index (Phi) is 8.39. The van der Waals surface area contributed by atoms with Crippen LogP contribution in [0.5, 0.6) is 0 Å². The Bertz CT molecular complexity index is 260. The molecule has 0 fully saturated rings. The zero-order valence-electron chi connectivity index (χ0n) is 9.40. The van der Waals surface area contributed by atoms with E-state index in [1.54, 1.807) is 6.92 Å². The fraction of sp³-hybridized carbons (Fsp3) is 0.417. The number of ether oxygens (including phenoxy) is 1. The number of carbonyl (C=O) groups excluding carboxylic acids is 1. The minimum atomic E-state index is -0.345. The van der Waals surface area contributed by atoms with E-state index < -0.39 is 0 Å². The van der Waals surface area contributed by atoms with Crippen LogP contribution in [-0.4, -0.2) is 19.1 Å². The Labute approximate surface area is 91.2 Å². The van der Waals surface area contributed by atoms with Crippen LogP contribution in [0.1, 0.15) is 19.4 Å². The molecule has 15 heavy (non-hydrogen) atoms. The molecular weight excluding hydrogens is 190 g/mol. The highest BCUT2D eigenvalue weighted by atomic mass is 16.5. The maximum Gasteiger partial charge on any atom is 0.319 e. The van der Waals surface area contributed by atoms with E-state index in [0.29, 0.717) is 6.61 Å². The molecule has 0 atom stereocenters. The van der Waals surface area contributed by atoms with Gasteiger partial charge in [0, 0.05) is 0 Å². The van der Waals surface area contributed by atoms with Gasteiger partial charge in [0.2, 0.25) is 0 Å². The van der Waals surface area contributed by atoms with Gasteiger partial charge in [0.25, 0.3) is 0 Å². The van der Waals surface area contributed by atoms with Gasteiger partial charge < -0.3 is 10.5 Å². The minimum absolute atomic E-state index is 0.0200. The summed E-state index contributed by atoms with van der Waals surface area (Å²) in [5, 5.41) is 0. The normalized spacial score (nSPS) is 8.73. The summed E-state index contributed by atoms with van der Waals surface area (Å²) in [7, 11) is 0. The number of aryl methyl sites for hydroxylation is 1. The van der Waals surface area contributed by atoms with Crippen LogP contribution < -0.4 is 5.73 Å². The van der Waals surface area contributed by atoms with E-state index in [0.717, 1.165) is 6.42 Å². The molecule has 0 heterocycles. The van der Waals surface area contributed by atoms with Crippen molar-refractivity contribution in [2.45, 2.75) is 20.3 Å². The molecule has 1 aromatic rings. The van der Waals surface area contributed by atoms with Gasteiger partial charge in [-0.25, -0.2) is 0 Å². The van der Waals surface area contributed by atoms with E-state index in [1.165, 1.54) is 5.56 Å². The molecule has 84 valence electrons. The summed E-state index contributed by atoms with van der Waals surface area (Å²) < 4.78 is 4.43. The van der Waals surface area contributed by atoms with Crippen molar-refractivity contribution in [2.24, 2.45) is 5.73 Å². The summed E-state index contributed by atoms with van der Waals surface area (Å²) in [4.78, 5) is 10.1. The van der Waals surface area contributed by atoms with Gasteiger partial charge in [0.05, 0.1) is 13.2 Å². The third kappa shape index (κ3) is 7.70. The van der Waals surface area contributed by atoms with Crippen molar-refractivity contribution in [2.75, 3.05) is 13.2 Å². The van der Waals surface area contributed by atoms with Gasteiger partial charge >= 0.3 is 5.97 Å². The highest BCUT2D eigenvalue weighted by Gasteiger charge is 1.91. The third-order valence-electron chi connectivity index (χ3n) is 1.72. The van der Waals surface area contributed by atoms with Crippen molar-refractivity contribution < 1.29 is 9.53 Å². The van der Waals surface area contributed by atoms with Gasteiger partial charge in [-0.1, -0.05) is 37.3 Å². The number of hydrogen-bond acceptors (Lipinski definition) is 3. The first-order valence-corrected chi connectivity index (χ1v) is 5.14. The lowest BCUT2D eigenvalue weighted by Crippen LogP contribution is -2.16. The van der Waals surface area contributed by atoms with Gasteiger partial charge in [-0.3, -0.25) is 4.79 Å². The third-order valence-corrected chi connectivity index (χ3v) is 1.72. The van der Waals surface area contributed by atoms with Gasteiger partial charge in [-0.15, -0.1) is 0 Å². The predicted molar refractivity (Wildman–Crippen MR) is 61.5 cm³/mol. The largest absolute Gasteiger partial charge is 0.465 e. The first kappa shape index (κ1) is 13.7. The van der Waals surface area contributed by atoms with Crippen molar-refractivity contribution in [1.82, 2.24) is 0 Å². The molecule has 3 heteroatoms. The Morgan fingerprint density at radius 3 is 2.13 bits per heavy atom. The number of carbonyl (C=O) groups is 1. The second kappa shape index (κ2) is 9.21. The fourth-order valence-corrected chi connectivity index (χ4v) is 0.934. The number of nitrogens with two attached hydrogens (primary N) is 1. The van der Waals surface area contributed by atoms with Crippen LogP contribution in [0.25, 0.3) is 0 Å². The molecule has 0 radical (unpaired) electrons. The van der Waals surface area contributed by atoms with Crippen LogP contribution in [0.2, 0.25) is 0 Å². The molecule has 3 nitrogen and oxygen atoms in total. The van der Waals surface area contributed by atoms with E-state index in [-0.39, 0.29) is 12.5 Å². The van der Waals surface area contributed by atoms with Crippen LogP contribution in [0.3, 0.4) is 0 Å². The molecule has 0 bridgehead atoms. The smallest absolute Gasteiger partial charge is 0.319 e. The molecule has 1 rings (SSSR count). The number of hydrogen-bond donors (Lipinski definition) is 1. The quantitative estimate of drug-likeness (QED) is 0.772. The minimum Gasteiger partial charge on any atom is -0.465 e. The summed E-state index contributed by atoms with van der Waals surface area (Å²) in [5.41, 5.74) is 6.29. The van der Waals surface area contributed by atoms with Gasteiger partial charge in [0.1, 0.15) is 0 Å². The fourth-order valence-electron chi connectivity index (χ4n) is 0.934. The van der Waals surface area contributed by atoms with Gasteiger partial charge in [-0.05, 0) is 18.9 Å². The first-order chi connectivity index (χ1) is 7.24. The lowest BCUT2D eigenvalue weighted by atomic mass is 10.2. The number of esters is 1. The highest BCUT2D eigenvalue weighted by Crippen LogP contribution is 1.96. The molecule has 1 aromatic carbocycles. The van der Waals surface area contributed by atoms with Crippen molar-refractivity contribution in [3.05, 3.63) is 35.9 Å². The van der Waals surface area contributed by atoms with Crippen LogP contribution in [-0.2, 0) is 16.0 Å². The van der Waals surface area contributed by atoms with Crippen LogP contribution in [0.4, 0.5) is 0 Å². The Balaban J connectivity index is 0.000000265. The average Bonchev–Trinajstić information content (AvgIpc) is 2.31. The topological polar surface area (TPSA) is 52.3 Å². The molecule has 0 saturated heterocycles. The first-order valence-electron chi connectivity index (χ1n) is 5.14. The van der Waals surface area contributed by atoms with Crippen molar-refractivity contribution in [3.8, 4) is 0 Å². The van der Waals surface area contributed by atoms with Crippen molar-refractivity contribution >= 4 is 5.97 Å². The van der Waals surface area contributed by atoms with Gasteiger partial charge in [-0.2, -0.15) is 0 Å². The summed E-state index contributed by atoms with van der Waals surface area (Å²) in [5.74, 6) is -0.345. The van der Waals surface area contributed by atoms with Crippen molar-refractivity contribution in [1.29, 1.82) is 0 Å². The summed E-state index contributed by atoms with van der Waals surface area (Å²) >= 11 is 0. The Morgan fingerprint density at radius 2 is 1.87 bits per heavy atom.